The van der Waals surface area contributed by atoms with Crippen molar-refractivity contribution in [2.45, 2.75) is 43.9 Å². The van der Waals surface area contributed by atoms with Gasteiger partial charge in [-0.15, -0.1) is 0 Å². The average Bonchev–Trinajstić information content (AvgIpc) is 2.69. The van der Waals surface area contributed by atoms with Gasteiger partial charge < -0.3 is 14.6 Å². The van der Waals surface area contributed by atoms with E-state index in [1.807, 2.05) is 30.3 Å². The highest BCUT2D eigenvalue weighted by Crippen LogP contribution is 2.43. The van der Waals surface area contributed by atoms with Crippen molar-refractivity contribution in [1.29, 1.82) is 0 Å². The van der Waals surface area contributed by atoms with E-state index in [1.54, 1.807) is 13.8 Å². The molecule has 0 radical (unpaired) electrons. The summed E-state index contributed by atoms with van der Waals surface area (Å²) >= 11 is 0. The maximum atomic E-state index is 12.4. The van der Waals surface area contributed by atoms with Crippen LogP contribution in [0.15, 0.2) is 42.5 Å². The molecule has 1 aliphatic carbocycles. The second kappa shape index (κ2) is 4.52. The number of benzene rings is 1. The van der Waals surface area contributed by atoms with Crippen LogP contribution >= 0.6 is 0 Å². The van der Waals surface area contributed by atoms with E-state index in [0.717, 1.165) is 5.56 Å². The lowest BCUT2D eigenvalue weighted by Crippen LogP contribution is -2.55. The van der Waals surface area contributed by atoms with Gasteiger partial charge in [0, 0.05) is 6.42 Å². The van der Waals surface area contributed by atoms with Crippen LogP contribution in [0.25, 0.3) is 0 Å². The van der Waals surface area contributed by atoms with Crippen LogP contribution in [0.4, 0.5) is 0 Å². The second-order valence-corrected chi connectivity index (χ2v) is 5.81. The van der Waals surface area contributed by atoms with E-state index < -0.39 is 23.6 Å². The Morgan fingerprint density at radius 2 is 1.95 bits per heavy atom. The summed E-state index contributed by atoms with van der Waals surface area (Å²) in [5, 5.41) is 10.1. The van der Waals surface area contributed by atoms with E-state index in [2.05, 4.69) is 0 Å². The molecule has 106 valence electrons. The Labute approximate surface area is 118 Å². The Balaban J connectivity index is 2.01. The van der Waals surface area contributed by atoms with Crippen LogP contribution in [0.5, 0.6) is 0 Å². The highest BCUT2D eigenvalue weighted by atomic mass is 16.8. The lowest BCUT2D eigenvalue weighted by Gasteiger charge is -2.34. The summed E-state index contributed by atoms with van der Waals surface area (Å²) in [6.45, 7) is 3.52. The fourth-order valence-electron chi connectivity index (χ4n) is 3.01. The number of aliphatic hydroxyl groups excluding tert-OH is 1. The van der Waals surface area contributed by atoms with E-state index >= 15 is 0 Å². The van der Waals surface area contributed by atoms with Crippen LogP contribution in [0, 0.1) is 0 Å². The smallest absolute Gasteiger partial charge is 0.190 e. The number of fused-ring (bicyclic) bond motifs is 1. The first-order valence-corrected chi connectivity index (χ1v) is 6.76. The Morgan fingerprint density at radius 3 is 2.65 bits per heavy atom. The highest BCUT2D eigenvalue weighted by Gasteiger charge is 2.60. The number of hydrogen-bond acceptors (Lipinski definition) is 4. The van der Waals surface area contributed by atoms with Crippen molar-refractivity contribution in [2.75, 3.05) is 0 Å². The summed E-state index contributed by atoms with van der Waals surface area (Å²) in [5.74, 6) is -1.04. The van der Waals surface area contributed by atoms with Crippen molar-refractivity contribution in [3.63, 3.8) is 0 Å². The van der Waals surface area contributed by atoms with E-state index in [0.29, 0.717) is 6.42 Å². The molecule has 2 aliphatic rings. The number of aliphatic hydroxyl groups is 1. The van der Waals surface area contributed by atoms with Crippen molar-refractivity contribution in [3.8, 4) is 0 Å². The monoisotopic (exact) mass is 274 g/mol. The SMILES string of the molecule is CC1(C)O[C@H]2[C@H](O)C=CC(=O)[C@@]2(Cc2ccccc2)O1. The third-order valence-corrected chi connectivity index (χ3v) is 3.78. The summed E-state index contributed by atoms with van der Waals surface area (Å²) in [4.78, 5) is 12.4. The van der Waals surface area contributed by atoms with Gasteiger partial charge in [-0.25, -0.2) is 0 Å². The molecule has 1 aromatic rings. The predicted octanol–water partition coefficient (Wildman–Crippen LogP) is 1.62. The molecule has 1 fully saturated rings. The molecule has 0 bridgehead atoms. The minimum Gasteiger partial charge on any atom is -0.386 e. The van der Waals surface area contributed by atoms with Crippen LogP contribution in [0.1, 0.15) is 19.4 Å². The van der Waals surface area contributed by atoms with Crippen molar-refractivity contribution in [3.05, 3.63) is 48.0 Å². The second-order valence-electron chi connectivity index (χ2n) is 5.81. The van der Waals surface area contributed by atoms with Gasteiger partial charge in [0.25, 0.3) is 0 Å². The van der Waals surface area contributed by atoms with Crippen molar-refractivity contribution in [2.24, 2.45) is 0 Å². The molecule has 0 amide bonds. The summed E-state index contributed by atoms with van der Waals surface area (Å²) in [7, 11) is 0. The zero-order valence-electron chi connectivity index (χ0n) is 11.6. The maximum Gasteiger partial charge on any atom is 0.190 e. The lowest BCUT2D eigenvalue weighted by atomic mass is 9.79. The van der Waals surface area contributed by atoms with Gasteiger partial charge in [0.2, 0.25) is 0 Å². The van der Waals surface area contributed by atoms with Crippen molar-refractivity contribution in [1.82, 2.24) is 0 Å². The Hall–Kier alpha value is -1.49. The number of hydrogen-bond donors (Lipinski definition) is 1. The van der Waals surface area contributed by atoms with Gasteiger partial charge in [0.15, 0.2) is 17.2 Å². The van der Waals surface area contributed by atoms with Crippen LogP contribution in [-0.2, 0) is 20.7 Å². The third kappa shape index (κ3) is 2.10. The Morgan fingerprint density at radius 1 is 1.25 bits per heavy atom. The fourth-order valence-corrected chi connectivity index (χ4v) is 3.01. The number of rotatable bonds is 2. The molecule has 1 heterocycles. The molecule has 1 saturated heterocycles. The Bertz CT molecular complexity index is 549. The molecule has 0 aromatic heterocycles. The number of carbonyl (C=O) groups is 1. The largest absolute Gasteiger partial charge is 0.386 e. The van der Waals surface area contributed by atoms with Crippen molar-refractivity contribution < 1.29 is 19.4 Å². The Kier molecular flexibility index (Phi) is 3.05. The van der Waals surface area contributed by atoms with Crippen LogP contribution in [0.3, 0.4) is 0 Å². The first-order valence-electron chi connectivity index (χ1n) is 6.76. The van der Waals surface area contributed by atoms with Gasteiger partial charge in [-0.2, -0.15) is 0 Å². The first kappa shape index (κ1) is 13.5. The molecule has 3 rings (SSSR count). The standard InChI is InChI=1S/C16H18O4/c1-15(2)19-14-12(17)8-9-13(18)16(14,20-15)10-11-6-4-3-5-7-11/h3-9,12,14,17H,10H2,1-2H3/t12-,14+,16-/m1/s1. The molecule has 4 heteroatoms. The summed E-state index contributed by atoms with van der Waals surface area (Å²) in [6.07, 6.45) is 1.76. The predicted molar refractivity (Wildman–Crippen MR) is 73.1 cm³/mol. The summed E-state index contributed by atoms with van der Waals surface area (Å²) in [5.41, 5.74) is -0.159. The van der Waals surface area contributed by atoms with Gasteiger partial charge in [-0.3, -0.25) is 4.79 Å². The van der Waals surface area contributed by atoms with Crippen LogP contribution in [0.2, 0.25) is 0 Å². The molecule has 0 saturated carbocycles. The van der Waals surface area contributed by atoms with Gasteiger partial charge in [-0.1, -0.05) is 30.3 Å². The molecule has 1 aliphatic heterocycles. The molecule has 20 heavy (non-hydrogen) atoms. The van der Waals surface area contributed by atoms with Gasteiger partial charge >= 0.3 is 0 Å². The first-order chi connectivity index (χ1) is 9.43. The molecule has 0 unspecified atom stereocenters. The van der Waals surface area contributed by atoms with Crippen LogP contribution in [-0.4, -0.2) is 34.5 Å². The average molecular weight is 274 g/mol. The van der Waals surface area contributed by atoms with Gasteiger partial charge in [0.05, 0.1) is 0 Å². The van der Waals surface area contributed by atoms with Crippen molar-refractivity contribution >= 4 is 5.78 Å². The fraction of sp³-hybridized carbons (Fsp3) is 0.438. The van der Waals surface area contributed by atoms with E-state index in [-0.39, 0.29) is 5.78 Å². The van der Waals surface area contributed by atoms with E-state index in [1.165, 1.54) is 12.2 Å². The quantitative estimate of drug-likeness (QED) is 0.890. The minimum absolute atomic E-state index is 0.151. The summed E-state index contributed by atoms with van der Waals surface area (Å²) in [6, 6.07) is 9.64. The molecule has 1 aromatic carbocycles. The topological polar surface area (TPSA) is 55.8 Å². The molecule has 3 atom stereocenters. The molecular weight excluding hydrogens is 256 g/mol. The molecule has 1 N–H and O–H groups in total. The normalized spacial score (nSPS) is 35.0. The van der Waals surface area contributed by atoms with E-state index in [4.69, 9.17) is 9.47 Å². The zero-order chi connectivity index (χ0) is 14.4. The summed E-state index contributed by atoms with van der Waals surface area (Å²) < 4.78 is 11.7. The zero-order valence-corrected chi connectivity index (χ0v) is 11.6. The molecule has 0 spiro atoms. The number of carbonyl (C=O) groups excluding carboxylic acids is 1. The maximum absolute atomic E-state index is 12.4. The number of ether oxygens (including phenoxy) is 2. The van der Waals surface area contributed by atoms with E-state index in [9.17, 15) is 9.90 Å². The number of ketones is 1. The molecular formula is C16H18O4. The third-order valence-electron chi connectivity index (χ3n) is 3.78. The van der Waals surface area contributed by atoms with Crippen LogP contribution < -0.4 is 0 Å². The minimum atomic E-state index is -1.14. The van der Waals surface area contributed by atoms with Gasteiger partial charge in [0.1, 0.15) is 12.2 Å². The highest BCUT2D eigenvalue weighted by molar-refractivity contribution is 5.99. The lowest BCUT2D eigenvalue weighted by molar-refractivity contribution is -0.170. The molecule has 4 nitrogen and oxygen atoms in total. The van der Waals surface area contributed by atoms with Gasteiger partial charge in [-0.05, 0) is 31.6 Å².